The number of hydrogen-bond acceptors (Lipinski definition) is 4. The molecular formula is C14H23N3O3S. The fourth-order valence-electron chi connectivity index (χ4n) is 1.64. The van der Waals surface area contributed by atoms with E-state index in [1.807, 2.05) is 20.8 Å². The Kier molecular flexibility index (Phi) is 5.22. The maximum absolute atomic E-state index is 12.0. The molecule has 21 heavy (non-hydrogen) atoms. The smallest absolute Gasteiger partial charge is 0.242 e. The van der Waals surface area contributed by atoms with Gasteiger partial charge in [0.1, 0.15) is 6.04 Å². The van der Waals surface area contributed by atoms with Crippen LogP contribution in [0.4, 0.5) is 11.4 Å². The second kappa shape index (κ2) is 6.34. The zero-order chi connectivity index (χ0) is 16.3. The molecule has 0 spiro atoms. The summed E-state index contributed by atoms with van der Waals surface area (Å²) >= 11 is 0. The van der Waals surface area contributed by atoms with Gasteiger partial charge in [0.15, 0.2) is 0 Å². The fourth-order valence-corrected chi connectivity index (χ4v) is 2.21. The molecule has 0 unspecified atom stereocenters. The van der Waals surface area contributed by atoms with Crippen molar-refractivity contribution in [3.63, 3.8) is 0 Å². The van der Waals surface area contributed by atoms with Crippen LogP contribution in [-0.4, -0.2) is 32.2 Å². The van der Waals surface area contributed by atoms with Crippen LogP contribution in [0.15, 0.2) is 24.3 Å². The lowest BCUT2D eigenvalue weighted by molar-refractivity contribution is -0.122. The molecule has 0 aliphatic heterocycles. The maximum Gasteiger partial charge on any atom is 0.242 e. The van der Waals surface area contributed by atoms with Crippen LogP contribution in [0.5, 0.6) is 0 Å². The van der Waals surface area contributed by atoms with Gasteiger partial charge in [-0.05, 0) is 52.0 Å². The third-order valence-corrected chi connectivity index (χ3v) is 3.07. The molecule has 0 bridgehead atoms. The van der Waals surface area contributed by atoms with E-state index in [1.54, 1.807) is 31.2 Å². The van der Waals surface area contributed by atoms with E-state index < -0.39 is 16.1 Å². The molecule has 1 atom stereocenters. The number of carbonyl (C=O) groups is 1. The highest BCUT2D eigenvalue weighted by Crippen LogP contribution is 2.15. The number of rotatable bonds is 5. The number of nitrogens with one attached hydrogen (secondary N) is 3. The number of anilines is 2. The van der Waals surface area contributed by atoms with E-state index in [-0.39, 0.29) is 11.4 Å². The highest BCUT2D eigenvalue weighted by molar-refractivity contribution is 7.92. The molecule has 0 aromatic heterocycles. The van der Waals surface area contributed by atoms with Crippen LogP contribution in [0.25, 0.3) is 0 Å². The first-order valence-electron chi connectivity index (χ1n) is 6.63. The molecule has 0 aliphatic rings. The molecule has 0 saturated heterocycles. The van der Waals surface area contributed by atoms with E-state index in [9.17, 15) is 13.2 Å². The Morgan fingerprint density at radius 1 is 1.10 bits per heavy atom. The number of benzene rings is 1. The molecule has 118 valence electrons. The number of sulfonamides is 1. The summed E-state index contributed by atoms with van der Waals surface area (Å²) in [4.78, 5) is 12.0. The summed E-state index contributed by atoms with van der Waals surface area (Å²) in [5.74, 6) is -0.0964. The van der Waals surface area contributed by atoms with Crippen molar-refractivity contribution in [2.75, 3.05) is 16.3 Å². The third kappa shape index (κ3) is 6.99. The summed E-state index contributed by atoms with van der Waals surface area (Å²) in [7, 11) is -3.28. The highest BCUT2D eigenvalue weighted by atomic mass is 32.2. The SMILES string of the molecule is C[C@H](Nc1ccc(NS(C)(=O)=O)cc1)C(=O)NC(C)(C)C. The molecule has 6 nitrogen and oxygen atoms in total. The van der Waals surface area contributed by atoms with Crippen LogP contribution < -0.4 is 15.4 Å². The molecule has 1 aromatic carbocycles. The highest BCUT2D eigenvalue weighted by Gasteiger charge is 2.18. The second-order valence-electron chi connectivity index (χ2n) is 6.06. The van der Waals surface area contributed by atoms with Gasteiger partial charge in [-0.15, -0.1) is 0 Å². The number of amides is 1. The zero-order valence-corrected chi connectivity index (χ0v) is 13.8. The molecule has 0 saturated carbocycles. The van der Waals surface area contributed by atoms with Crippen molar-refractivity contribution >= 4 is 27.3 Å². The largest absolute Gasteiger partial charge is 0.374 e. The van der Waals surface area contributed by atoms with Gasteiger partial charge in [-0.1, -0.05) is 0 Å². The van der Waals surface area contributed by atoms with Crippen LogP contribution in [0.3, 0.4) is 0 Å². The summed E-state index contributed by atoms with van der Waals surface area (Å²) in [6.45, 7) is 7.53. The average molecular weight is 313 g/mol. The quantitative estimate of drug-likeness (QED) is 0.773. The third-order valence-electron chi connectivity index (χ3n) is 2.46. The van der Waals surface area contributed by atoms with E-state index in [4.69, 9.17) is 0 Å². The molecule has 3 N–H and O–H groups in total. The van der Waals surface area contributed by atoms with Crippen LogP contribution >= 0.6 is 0 Å². The fraction of sp³-hybridized carbons (Fsp3) is 0.500. The second-order valence-corrected chi connectivity index (χ2v) is 7.81. The van der Waals surface area contributed by atoms with Crippen molar-refractivity contribution in [2.24, 2.45) is 0 Å². The molecule has 0 radical (unpaired) electrons. The van der Waals surface area contributed by atoms with Gasteiger partial charge in [0.25, 0.3) is 0 Å². The predicted octanol–water partition coefficient (Wildman–Crippen LogP) is 1.77. The average Bonchev–Trinajstić information content (AvgIpc) is 2.27. The van der Waals surface area contributed by atoms with E-state index >= 15 is 0 Å². The van der Waals surface area contributed by atoms with E-state index in [1.165, 1.54) is 0 Å². The van der Waals surface area contributed by atoms with Gasteiger partial charge in [-0.2, -0.15) is 0 Å². The minimum absolute atomic E-state index is 0.0964. The van der Waals surface area contributed by atoms with Crippen molar-refractivity contribution in [3.05, 3.63) is 24.3 Å². The Hall–Kier alpha value is -1.76. The standard InChI is InChI=1S/C14H23N3O3S/c1-10(13(18)16-14(2,3)4)15-11-6-8-12(9-7-11)17-21(5,19)20/h6-10,15,17H,1-5H3,(H,16,18)/t10-/m0/s1. The molecule has 0 heterocycles. The molecular weight excluding hydrogens is 290 g/mol. The Morgan fingerprint density at radius 3 is 2.00 bits per heavy atom. The van der Waals surface area contributed by atoms with Crippen LogP contribution in [-0.2, 0) is 14.8 Å². The molecule has 1 aromatic rings. The minimum atomic E-state index is -3.28. The molecule has 1 amide bonds. The molecule has 1 rings (SSSR count). The zero-order valence-electron chi connectivity index (χ0n) is 13.0. The Morgan fingerprint density at radius 2 is 1.57 bits per heavy atom. The van der Waals surface area contributed by atoms with Gasteiger partial charge in [0.2, 0.25) is 15.9 Å². The van der Waals surface area contributed by atoms with Crippen molar-refractivity contribution in [2.45, 2.75) is 39.3 Å². The number of hydrogen-bond donors (Lipinski definition) is 3. The van der Waals surface area contributed by atoms with Crippen LogP contribution in [0.2, 0.25) is 0 Å². The van der Waals surface area contributed by atoms with E-state index in [0.29, 0.717) is 5.69 Å². The van der Waals surface area contributed by atoms with Crippen molar-refractivity contribution in [1.82, 2.24) is 5.32 Å². The van der Waals surface area contributed by atoms with Crippen molar-refractivity contribution in [1.29, 1.82) is 0 Å². The topological polar surface area (TPSA) is 87.3 Å². The van der Waals surface area contributed by atoms with Gasteiger partial charge < -0.3 is 10.6 Å². The van der Waals surface area contributed by atoms with Gasteiger partial charge >= 0.3 is 0 Å². The monoisotopic (exact) mass is 313 g/mol. The summed E-state index contributed by atoms with van der Waals surface area (Å²) in [6.07, 6.45) is 1.10. The van der Waals surface area contributed by atoms with Crippen molar-refractivity contribution in [3.8, 4) is 0 Å². The van der Waals surface area contributed by atoms with Gasteiger partial charge in [-0.25, -0.2) is 8.42 Å². The minimum Gasteiger partial charge on any atom is -0.374 e. The van der Waals surface area contributed by atoms with Gasteiger partial charge in [0.05, 0.1) is 6.26 Å². The molecule has 0 aliphatic carbocycles. The lowest BCUT2D eigenvalue weighted by Crippen LogP contribution is -2.47. The summed E-state index contributed by atoms with van der Waals surface area (Å²) in [6, 6.07) is 6.32. The molecule has 0 fully saturated rings. The Bertz CT molecular complexity index is 589. The first-order valence-corrected chi connectivity index (χ1v) is 8.52. The Balaban J connectivity index is 2.65. The van der Waals surface area contributed by atoms with Crippen molar-refractivity contribution < 1.29 is 13.2 Å². The lowest BCUT2D eigenvalue weighted by atomic mass is 10.1. The lowest BCUT2D eigenvalue weighted by Gasteiger charge is -2.24. The van der Waals surface area contributed by atoms with E-state index in [2.05, 4.69) is 15.4 Å². The molecule has 7 heteroatoms. The maximum atomic E-state index is 12.0. The van der Waals surface area contributed by atoms with Crippen LogP contribution in [0, 0.1) is 0 Å². The summed E-state index contributed by atoms with van der Waals surface area (Å²) in [5.41, 5.74) is 0.941. The van der Waals surface area contributed by atoms with Gasteiger partial charge in [0, 0.05) is 16.9 Å². The summed E-state index contributed by atoms with van der Waals surface area (Å²) in [5, 5.41) is 5.95. The normalized spacial score (nSPS) is 13.4. The van der Waals surface area contributed by atoms with Crippen LogP contribution in [0.1, 0.15) is 27.7 Å². The first kappa shape index (κ1) is 17.3. The summed E-state index contributed by atoms with van der Waals surface area (Å²) < 4.78 is 24.6. The Labute approximate surface area is 126 Å². The first-order chi connectivity index (χ1) is 9.46. The number of carbonyl (C=O) groups excluding carboxylic acids is 1. The van der Waals surface area contributed by atoms with E-state index in [0.717, 1.165) is 11.9 Å². The predicted molar refractivity (Wildman–Crippen MR) is 85.9 cm³/mol. The van der Waals surface area contributed by atoms with Gasteiger partial charge in [-0.3, -0.25) is 9.52 Å².